The normalized spacial score (nSPS) is 28.8. The van der Waals surface area contributed by atoms with E-state index in [4.69, 9.17) is 4.74 Å². The third-order valence-electron chi connectivity index (χ3n) is 2.94. The Morgan fingerprint density at radius 3 is 2.93 bits per heavy atom. The van der Waals surface area contributed by atoms with Crippen LogP contribution in [0.3, 0.4) is 0 Å². The summed E-state index contributed by atoms with van der Waals surface area (Å²) in [6.45, 7) is 0. The number of carbonyl (C=O) groups excluding carboxylic acids is 2. The zero-order valence-corrected chi connectivity index (χ0v) is 8.77. The van der Waals surface area contributed by atoms with Gasteiger partial charge in [-0.05, 0) is 6.42 Å². The Balaban J connectivity index is 2.37. The maximum atomic E-state index is 11.8. The molecule has 2 aliphatic heterocycles. The van der Waals surface area contributed by atoms with Gasteiger partial charge in [0.15, 0.2) is 0 Å². The fourth-order valence-electron chi connectivity index (χ4n) is 2.04. The van der Waals surface area contributed by atoms with Gasteiger partial charge in [-0.25, -0.2) is 4.79 Å². The van der Waals surface area contributed by atoms with Gasteiger partial charge >= 0.3 is 5.97 Å². The number of fused-ring (bicyclic) bond motifs is 2. The van der Waals surface area contributed by atoms with Gasteiger partial charge in [0.2, 0.25) is 5.91 Å². The first kappa shape index (κ1) is 9.96. The minimum Gasteiger partial charge on any atom is -0.466 e. The molecule has 0 N–H and O–H groups in total. The standard InChI is InChI=1S/C11H13NO3/c1-12-9-6-4-7(10(12)13)3-5-8(9)11(14)15-2/h4-7,9H,3H2,1-2H3/t7-,9-/m1/s1. The number of hydrogen-bond acceptors (Lipinski definition) is 3. The summed E-state index contributed by atoms with van der Waals surface area (Å²) in [4.78, 5) is 24.8. The number of methoxy groups -OCH3 is 1. The number of likely N-dealkylation sites (N-methyl/N-ethyl adjacent to an activating group) is 1. The Morgan fingerprint density at radius 2 is 2.27 bits per heavy atom. The van der Waals surface area contributed by atoms with Crippen molar-refractivity contribution in [2.75, 3.05) is 14.2 Å². The van der Waals surface area contributed by atoms with E-state index in [1.54, 1.807) is 11.9 Å². The van der Waals surface area contributed by atoms with Crippen LogP contribution in [-0.2, 0) is 14.3 Å². The first-order valence-corrected chi connectivity index (χ1v) is 4.88. The number of rotatable bonds is 1. The second-order valence-electron chi connectivity index (χ2n) is 3.77. The van der Waals surface area contributed by atoms with Crippen LogP contribution in [-0.4, -0.2) is 37.0 Å². The number of carbonyl (C=O) groups is 2. The third kappa shape index (κ3) is 1.46. The van der Waals surface area contributed by atoms with Gasteiger partial charge in [-0.3, -0.25) is 4.79 Å². The summed E-state index contributed by atoms with van der Waals surface area (Å²) in [7, 11) is 3.07. The van der Waals surface area contributed by atoms with Crippen LogP contribution >= 0.6 is 0 Å². The molecule has 0 aromatic heterocycles. The molecular weight excluding hydrogens is 194 g/mol. The minimum atomic E-state index is -0.355. The summed E-state index contributed by atoms with van der Waals surface area (Å²) >= 11 is 0. The summed E-state index contributed by atoms with van der Waals surface area (Å²) in [6.07, 6.45) is 6.16. The molecule has 0 unspecified atom stereocenters. The van der Waals surface area contributed by atoms with E-state index in [1.807, 2.05) is 18.2 Å². The zero-order chi connectivity index (χ0) is 11.0. The molecular formula is C11H13NO3. The van der Waals surface area contributed by atoms with Crippen LogP contribution < -0.4 is 0 Å². The maximum Gasteiger partial charge on any atom is 0.335 e. The van der Waals surface area contributed by atoms with Crippen LogP contribution in [0.5, 0.6) is 0 Å². The molecule has 0 aromatic rings. The average Bonchev–Trinajstić information content (AvgIpc) is 2.52. The molecule has 4 nitrogen and oxygen atoms in total. The summed E-state index contributed by atoms with van der Waals surface area (Å²) < 4.78 is 4.70. The Labute approximate surface area is 88.2 Å². The lowest BCUT2D eigenvalue weighted by Gasteiger charge is -2.30. The summed E-state index contributed by atoms with van der Waals surface area (Å²) in [5.74, 6) is -0.405. The van der Waals surface area contributed by atoms with E-state index in [2.05, 4.69) is 0 Å². The molecule has 3 rings (SSSR count). The van der Waals surface area contributed by atoms with E-state index in [0.29, 0.717) is 12.0 Å². The van der Waals surface area contributed by atoms with E-state index in [-0.39, 0.29) is 23.8 Å². The van der Waals surface area contributed by atoms with Crippen LogP contribution in [0.25, 0.3) is 0 Å². The highest BCUT2D eigenvalue weighted by Crippen LogP contribution is 2.28. The van der Waals surface area contributed by atoms with Crippen LogP contribution in [0.15, 0.2) is 23.8 Å². The summed E-state index contributed by atoms with van der Waals surface area (Å²) in [5, 5.41) is 0. The van der Waals surface area contributed by atoms with E-state index >= 15 is 0 Å². The summed E-state index contributed by atoms with van der Waals surface area (Å²) in [5.41, 5.74) is 0.560. The molecule has 80 valence electrons. The summed E-state index contributed by atoms with van der Waals surface area (Å²) in [6, 6.07) is -0.260. The van der Waals surface area contributed by atoms with Crippen molar-refractivity contribution in [1.82, 2.24) is 4.90 Å². The molecule has 2 bridgehead atoms. The van der Waals surface area contributed by atoms with Crippen molar-refractivity contribution in [2.45, 2.75) is 12.5 Å². The second-order valence-corrected chi connectivity index (χ2v) is 3.77. The van der Waals surface area contributed by atoms with E-state index in [1.165, 1.54) is 7.11 Å². The molecule has 0 fully saturated rings. The highest BCUT2D eigenvalue weighted by Gasteiger charge is 2.35. The Morgan fingerprint density at radius 1 is 1.53 bits per heavy atom. The number of ether oxygens (including phenoxy) is 1. The Bertz CT molecular complexity index is 370. The van der Waals surface area contributed by atoms with Crippen LogP contribution in [0.1, 0.15) is 6.42 Å². The molecule has 2 heterocycles. The van der Waals surface area contributed by atoms with E-state index in [9.17, 15) is 9.59 Å². The Hall–Kier alpha value is -1.58. The average molecular weight is 207 g/mol. The first-order chi connectivity index (χ1) is 7.15. The molecule has 1 aliphatic carbocycles. The fourth-order valence-corrected chi connectivity index (χ4v) is 2.04. The fraction of sp³-hybridized carbons (Fsp3) is 0.455. The maximum absolute atomic E-state index is 11.8. The second kappa shape index (κ2) is 3.53. The number of amides is 1. The van der Waals surface area contributed by atoms with Gasteiger partial charge in [0.25, 0.3) is 0 Å². The molecule has 2 atom stereocenters. The van der Waals surface area contributed by atoms with Gasteiger partial charge in [-0.2, -0.15) is 0 Å². The van der Waals surface area contributed by atoms with Crippen molar-refractivity contribution < 1.29 is 14.3 Å². The Kier molecular flexibility index (Phi) is 2.34. The van der Waals surface area contributed by atoms with E-state index < -0.39 is 0 Å². The highest BCUT2D eigenvalue weighted by molar-refractivity contribution is 5.94. The van der Waals surface area contributed by atoms with Crippen molar-refractivity contribution in [3.8, 4) is 0 Å². The van der Waals surface area contributed by atoms with Gasteiger partial charge in [-0.1, -0.05) is 18.2 Å². The zero-order valence-electron chi connectivity index (χ0n) is 8.77. The molecule has 4 heteroatoms. The molecule has 0 aromatic carbocycles. The van der Waals surface area contributed by atoms with Crippen LogP contribution in [0, 0.1) is 5.92 Å². The quantitative estimate of drug-likeness (QED) is 0.464. The van der Waals surface area contributed by atoms with Gasteiger partial charge < -0.3 is 9.64 Å². The number of esters is 1. The lowest BCUT2D eigenvalue weighted by atomic mass is 10.0. The van der Waals surface area contributed by atoms with Gasteiger partial charge in [0.05, 0.1) is 24.6 Å². The van der Waals surface area contributed by atoms with Gasteiger partial charge in [0.1, 0.15) is 0 Å². The number of allylic oxidation sites excluding steroid dienone is 1. The number of nitrogens with zero attached hydrogens (tertiary/aromatic N) is 1. The smallest absolute Gasteiger partial charge is 0.335 e. The predicted molar refractivity (Wildman–Crippen MR) is 53.9 cm³/mol. The van der Waals surface area contributed by atoms with Crippen molar-refractivity contribution in [2.24, 2.45) is 5.92 Å². The molecule has 0 saturated heterocycles. The van der Waals surface area contributed by atoms with Crippen molar-refractivity contribution in [3.05, 3.63) is 23.8 Å². The van der Waals surface area contributed by atoms with Crippen LogP contribution in [0.2, 0.25) is 0 Å². The van der Waals surface area contributed by atoms with Gasteiger partial charge in [0, 0.05) is 7.05 Å². The topological polar surface area (TPSA) is 46.6 Å². The largest absolute Gasteiger partial charge is 0.466 e. The lowest BCUT2D eigenvalue weighted by Crippen LogP contribution is -2.42. The molecule has 0 spiro atoms. The van der Waals surface area contributed by atoms with Gasteiger partial charge in [-0.15, -0.1) is 0 Å². The monoisotopic (exact) mass is 207 g/mol. The SMILES string of the molecule is COC(=O)C1=CC[C@@H]2C=C[C@H]1N(C)C2=O. The highest BCUT2D eigenvalue weighted by atomic mass is 16.5. The predicted octanol–water partition coefficient (Wildman–Crippen LogP) is 0.502. The molecule has 15 heavy (non-hydrogen) atoms. The van der Waals surface area contributed by atoms with Crippen LogP contribution in [0.4, 0.5) is 0 Å². The van der Waals surface area contributed by atoms with Crippen molar-refractivity contribution in [3.63, 3.8) is 0 Å². The molecule has 0 saturated carbocycles. The molecule has 0 radical (unpaired) electrons. The van der Waals surface area contributed by atoms with Crippen molar-refractivity contribution >= 4 is 11.9 Å². The minimum absolute atomic E-state index is 0.0673. The number of hydrogen-bond donors (Lipinski definition) is 0. The molecule has 1 amide bonds. The molecule has 3 aliphatic rings. The third-order valence-corrected chi connectivity index (χ3v) is 2.94. The first-order valence-electron chi connectivity index (χ1n) is 4.88. The van der Waals surface area contributed by atoms with Crippen molar-refractivity contribution in [1.29, 1.82) is 0 Å². The lowest BCUT2D eigenvalue weighted by molar-refractivity contribution is -0.137. The van der Waals surface area contributed by atoms with E-state index in [0.717, 1.165) is 0 Å².